The molecule has 2 aromatic heterocycles. The summed E-state index contributed by atoms with van der Waals surface area (Å²) in [5.74, 6) is -1.47. The first-order chi connectivity index (χ1) is 10.5. The Balaban J connectivity index is 1.75. The van der Waals surface area contributed by atoms with Crippen LogP contribution in [0.4, 0.5) is 0 Å². The van der Waals surface area contributed by atoms with Crippen LogP contribution in [0.5, 0.6) is 0 Å². The molecule has 0 aliphatic carbocycles. The van der Waals surface area contributed by atoms with E-state index >= 15 is 0 Å². The number of furan rings is 1. The fourth-order valence-corrected chi connectivity index (χ4v) is 2.32. The van der Waals surface area contributed by atoms with Gasteiger partial charge in [-0.2, -0.15) is 0 Å². The van der Waals surface area contributed by atoms with Crippen molar-refractivity contribution < 1.29 is 23.5 Å². The summed E-state index contributed by atoms with van der Waals surface area (Å²) in [6.07, 6.45) is 2.53. The highest BCUT2D eigenvalue weighted by atomic mass is 79.9. The summed E-state index contributed by atoms with van der Waals surface area (Å²) in [4.78, 5) is 34.9. The second-order valence-corrected chi connectivity index (χ2v) is 5.67. The summed E-state index contributed by atoms with van der Waals surface area (Å²) in [6.45, 7) is -0.540. The molecule has 2 amide bonds. The maximum absolute atomic E-state index is 11.6. The molecule has 0 atom stereocenters. The highest BCUT2D eigenvalue weighted by molar-refractivity contribution is 9.10. The molecule has 0 aliphatic heterocycles. The lowest BCUT2D eigenvalue weighted by Gasteiger charge is -2.02. The van der Waals surface area contributed by atoms with Crippen LogP contribution in [0.25, 0.3) is 6.08 Å². The minimum atomic E-state index is -0.716. The zero-order valence-corrected chi connectivity index (χ0v) is 13.5. The highest BCUT2D eigenvalue weighted by Gasteiger charge is 2.12. The first-order valence-electron chi connectivity index (χ1n) is 6.02. The van der Waals surface area contributed by atoms with Crippen LogP contribution in [0.1, 0.15) is 15.4 Å². The molecule has 0 aromatic carbocycles. The van der Waals surface area contributed by atoms with Crippen molar-refractivity contribution in [3.05, 3.63) is 51.0 Å². The quantitative estimate of drug-likeness (QED) is 0.633. The number of halogens is 1. The van der Waals surface area contributed by atoms with Crippen molar-refractivity contribution in [3.63, 3.8) is 0 Å². The number of nitrogens with one attached hydrogen (secondary N) is 1. The normalized spacial score (nSPS) is 10.6. The van der Waals surface area contributed by atoms with Crippen molar-refractivity contribution in [3.8, 4) is 0 Å². The fraction of sp³-hybridized carbons (Fsp3) is 0.0714. The average molecular weight is 384 g/mol. The summed E-state index contributed by atoms with van der Waals surface area (Å²) in [7, 11) is 0. The molecule has 0 saturated heterocycles. The largest absolute Gasteiger partial charge is 0.452 e. The number of hydrogen-bond acceptors (Lipinski definition) is 6. The van der Waals surface area contributed by atoms with Crippen molar-refractivity contribution in [2.45, 2.75) is 0 Å². The van der Waals surface area contributed by atoms with Gasteiger partial charge in [-0.05, 0) is 45.6 Å². The van der Waals surface area contributed by atoms with Crippen LogP contribution in [0.3, 0.4) is 0 Å². The average Bonchev–Trinajstić information content (AvgIpc) is 3.14. The SMILES string of the molecule is O=C(COC(=O)/C=C/c1ccc(Br)o1)NC(=O)c1cccs1. The molecule has 0 unspecified atom stereocenters. The van der Waals surface area contributed by atoms with Gasteiger partial charge in [0, 0.05) is 6.08 Å². The van der Waals surface area contributed by atoms with Crippen LogP contribution in [-0.4, -0.2) is 24.4 Å². The molecule has 114 valence electrons. The summed E-state index contributed by atoms with van der Waals surface area (Å²) < 4.78 is 10.4. The van der Waals surface area contributed by atoms with E-state index in [1.54, 1.807) is 29.6 Å². The third-order valence-corrected chi connectivity index (χ3v) is 3.62. The predicted octanol–water partition coefficient (Wildman–Crippen LogP) is 2.62. The van der Waals surface area contributed by atoms with E-state index in [0.29, 0.717) is 15.3 Å². The Hall–Kier alpha value is -2.19. The Bertz CT molecular complexity index is 705. The van der Waals surface area contributed by atoms with Crippen LogP contribution in [-0.2, 0) is 14.3 Å². The van der Waals surface area contributed by atoms with Crippen molar-refractivity contribution in [1.82, 2.24) is 5.32 Å². The topological polar surface area (TPSA) is 85.6 Å². The minimum Gasteiger partial charge on any atom is -0.452 e. The van der Waals surface area contributed by atoms with Crippen LogP contribution in [0.15, 0.2) is 44.8 Å². The van der Waals surface area contributed by atoms with E-state index in [-0.39, 0.29) is 0 Å². The number of thiophene rings is 1. The van der Waals surface area contributed by atoms with E-state index in [4.69, 9.17) is 9.15 Å². The molecule has 2 rings (SSSR count). The number of amides is 2. The number of carbonyl (C=O) groups is 3. The van der Waals surface area contributed by atoms with Crippen LogP contribution in [0.2, 0.25) is 0 Å². The van der Waals surface area contributed by atoms with E-state index in [2.05, 4.69) is 21.2 Å². The van der Waals surface area contributed by atoms with Gasteiger partial charge in [-0.15, -0.1) is 11.3 Å². The second-order valence-electron chi connectivity index (χ2n) is 3.94. The number of carbonyl (C=O) groups excluding carboxylic acids is 3. The van der Waals surface area contributed by atoms with Crippen molar-refractivity contribution >= 4 is 51.1 Å². The summed E-state index contributed by atoms with van der Waals surface area (Å²) in [6, 6.07) is 6.61. The smallest absolute Gasteiger partial charge is 0.331 e. The lowest BCUT2D eigenvalue weighted by Crippen LogP contribution is -2.33. The van der Waals surface area contributed by atoms with E-state index in [9.17, 15) is 14.4 Å². The second kappa shape index (κ2) is 7.71. The third kappa shape index (κ3) is 4.97. The Kier molecular flexibility index (Phi) is 5.68. The van der Waals surface area contributed by atoms with Gasteiger partial charge in [0.2, 0.25) is 0 Å². The molecule has 22 heavy (non-hydrogen) atoms. The van der Waals surface area contributed by atoms with Crippen molar-refractivity contribution in [2.75, 3.05) is 6.61 Å². The Morgan fingerprint density at radius 3 is 2.77 bits per heavy atom. The molecule has 0 saturated carbocycles. The Morgan fingerprint density at radius 1 is 1.32 bits per heavy atom. The molecular formula is C14H10BrNO5S. The van der Waals surface area contributed by atoms with Gasteiger partial charge in [0.05, 0.1) is 4.88 Å². The Labute approximate surface area is 137 Å². The molecule has 0 radical (unpaired) electrons. The van der Waals surface area contributed by atoms with Crippen LogP contribution >= 0.6 is 27.3 Å². The first kappa shape index (κ1) is 16.2. The van der Waals surface area contributed by atoms with Gasteiger partial charge in [-0.3, -0.25) is 14.9 Å². The maximum Gasteiger partial charge on any atom is 0.331 e. The molecular weight excluding hydrogens is 374 g/mol. The first-order valence-corrected chi connectivity index (χ1v) is 7.70. The predicted molar refractivity (Wildman–Crippen MR) is 83.2 cm³/mol. The molecule has 0 aliphatic rings. The molecule has 6 nitrogen and oxygen atoms in total. The highest BCUT2D eigenvalue weighted by Crippen LogP contribution is 2.15. The van der Waals surface area contributed by atoms with Gasteiger partial charge < -0.3 is 9.15 Å². The zero-order valence-electron chi connectivity index (χ0n) is 11.1. The van der Waals surface area contributed by atoms with Gasteiger partial charge in [0.15, 0.2) is 11.3 Å². The third-order valence-electron chi connectivity index (χ3n) is 2.32. The van der Waals surface area contributed by atoms with E-state index in [1.165, 1.54) is 17.4 Å². The molecule has 0 spiro atoms. The standard InChI is InChI=1S/C14H10BrNO5S/c15-11-5-3-9(21-11)4-6-13(18)20-8-12(17)16-14(19)10-2-1-7-22-10/h1-7H,8H2,(H,16,17,19)/b6-4+. The van der Waals surface area contributed by atoms with E-state index < -0.39 is 24.4 Å². The van der Waals surface area contributed by atoms with Gasteiger partial charge in [-0.25, -0.2) is 4.79 Å². The number of hydrogen-bond donors (Lipinski definition) is 1. The Morgan fingerprint density at radius 2 is 2.14 bits per heavy atom. The number of imide groups is 1. The van der Waals surface area contributed by atoms with E-state index in [0.717, 1.165) is 6.08 Å². The fourth-order valence-electron chi connectivity index (χ4n) is 1.38. The zero-order chi connectivity index (χ0) is 15.9. The molecule has 8 heteroatoms. The molecule has 2 aromatic rings. The molecule has 0 fully saturated rings. The lowest BCUT2D eigenvalue weighted by molar-refractivity contribution is -0.143. The van der Waals surface area contributed by atoms with Gasteiger partial charge in [-0.1, -0.05) is 6.07 Å². The number of rotatable bonds is 5. The van der Waals surface area contributed by atoms with Crippen molar-refractivity contribution in [2.24, 2.45) is 0 Å². The van der Waals surface area contributed by atoms with E-state index in [1.807, 2.05) is 0 Å². The maximum atomic E-state index is 11.6. The van der Waals surface area contributed by atoms with Gasteiger partial charge >= 0.3 is 5.97 Å². The number of ether oxygens (including phenoxy) is 1. The summed E-state index contributed by atoms with van der Waals surface area (Å²) >= 11 is 4.34. The molecule has 0 bridgehead atoms. The van der Waals surface area contributed by atoms with Crippen molar-refractivity contribution in [1.29, 1.82) is 0 Å². The van der Waals surface area contributed by atoms with Crippen LogP contribution in [0, 0.1) is 0 Å². The summed E-state index contributed by atoms with van der Waals surface area (Å²) in [5.41, 5.74) is 0. The van der Waals surface area contributed by atoms with Gasteiger partial charge in [0.1, 0.15) is 5.76 Å². The molecule has 2 heterocycles. The van der Waals surface area contributed by atoms with Gasteiger partial charge in [0.25, 0.3) is 11.8 Å². The van der Waals surface area contributed by atoms with Crippen LogP contribution < -0.4 is 5.32 Å². The number of esters is 1. The monoisotopic (exact) mass is 383 g/mol. The molecule has 1 N–H and O–H groups in total. The minimum absolute atomic E-state index is 0.406. The summed E-state index contributed by atoms with van der Waals surface area (Å²) in [5, 5.41) is 3.84. The lowest BCUT2D eigenvalue weighted by atomic mass is 10.4.